The van der Waals surface area contributed by atoms with Gasteiger partial charge in [-0.05, 0) is 35.1 Å². The Bertz CT molecular complexity index is 743. The molecular weight excluding hydrogens is 302 g/mol. The van der Waals surface area contributed by atoms with E-state index < -0.39 is 6.10 Å². The van der Waals surface area contributed by atoms with Gasteiger partial charge in [0.15, 0.2) is 6.10 Å². The van der Waals surface area contributed by atoms with Gasteiger partial charge in [-0.25, -0.2) is 0 Å². The topological polar surface area (TPSA) is 47.6 Å². The zero-order chi connectivity index (χ0) is 16.4. The van der Waals surface area contributed by atoms with Gasteiger partial charge in [-0.2, -0.15) is 0 Å². The average molecular weight is 323 g/mol. The molecule has 1 N–H and O–H groups in total. The van der Waals surface area contributed by atoms with Crippen molar-refractivity contribution in [2.24, 2.45) is 0 Å². The van der Waals surface area contributed by atoms with E-state index in [4.69, 9.17) is 9.47 Å². The van der Waals surface area contributed by atoms with Gasteiger partial charge in [0.2, 0.25) is 0 Å². The lowest BCUT2D eigenvalue weighted by Crippen LogP contribution is -2.37. The van der Waals surface area contributed by atoms with Crippen LogP contribution >= 0.6 is 0 Å². The summed E-state index contributed by atoms with van der Waals surface area (Å²) in [5.74, 6) is -0.0891. The zero-order valence-electron chi connectivity index (χ0n) is 13.5. The van der Waals surface area contributed by atoms with Crippen LogP contribution in [0.5, 0.6) is 0 Å². The fourth-order valence-electron chi connectivity index (χ4n) is 3.54. The van der Waals surface area contributed by atoms with E-state index in [0.29, 0.717) is 19.8 Å². The van der Waals surface area contributed by atoms with Crippen LogP contribution < -0.4 is 5.32 Å². The van der Waals surface area contributed by atoms with Crippen LogP contribution in [0.1, 0.15) is 34.5 Å². The molecule has 0 saturated carbocycles. The summed E-state index contributed by atoms with van der Waals surface area (Å²) in [6.45, 7) is 1.75. The first-order chi connectivity index (χ1) is 11.8. The SMILES string of the molecule is O=C(NC[C@@H]1OCCc2ccccc21)[C@@H]1OCCc2ccccc21. The summed E-state index contributed by atoms with van der Waals surface area (Å²) in [6.07, 6.45) is 1.19. The first-order valence-corrected chi connectivity index (χ1v) is 8.49. The van der Waals surface area contributed by atoms with Crippen molar-refractivity contribution >= 4 is 5.91 Å². The summed E-state index contributed by atoms with van der Waals surface area (Å²) >= 11 is 0. The molecule has 4 heteroatoms. The van der Waals surface area contributed by atoms with Crippen LogP contribution in [0, 0.1) is 0 Å². The van der Waals surface area contributed by atoms with Gasteiger partial charge in [0.1, 0.15) is 6.10 Å². The van der Waals surface area contributed by atoms with E-state index in [9.17, 15) is 4.79 Å². The van der Waals surface area contributed by atoms with Crippen molar-refractivity contribution in [1.82, 2.24) is 5.32 Å². The molecule has 2 heterocycles. The number of amides is 1. The minimum Gasteiger partial charge on any atom is -0.371 e. The molecule has 2 aliphatic rings. The van der Waals surface area contributed by atoms with E-state index in [-0.39, 0.29) is 12.0 Å². The van der Waals surface area contributed by atoms with Crippen molar-refractivity contribution in [3.63, 3.8) is 0 Å². The molecule has 4 nitrogen and oxygen atoms in total. The van der Waals surface area contributed by atoms with Gasteiger partial charge in [-0.15, -0.1) is 0 Å². The fraction of sp³-hybridized carbons (Fsp3) is 0.350. The number of carbonyl (C=O) groups excluding carboxylic acids is 1. The summed E-state index contributed by atoms with van der Waals surface area (Å²) in [7, 11) is 0. The monoisotopic (exact) mass is 323 g/mol. The van der Waals surface area contributed by atoms with Crippen molar-refractivity contribution in [3.8, 4) is 0 Å². The highest BCUT2D eigenvalue weighted by Crippen LogP contribution is 2.29. The average Bonchev–Trinajstić information content (AvgIpc) is 2.65. The summed E-state index contributed by atoms with van der Waals surface area (Å²) in [6, 6.07) is 16.3. The largest absolute Gasteiger partial charge is 0.371 e. The van der Waals surface area contributed by atoms with E-state index in [1.54, 1.807) is 0 Å². The van der Waals surface area contributed by atoms with E-state index in [1.807, 2.05) is 30.3 Å². The lowest BCUT2D eigenvalue weighted by Gasteiger charge is -2.28. The highest BCUT2D eigenvalue weighted by Gasteiger charge is 2.28. The quantitative estimate of drug-likeness (QED) is 0.945. The van der Waals surface area contributed by atoms with E-state index >= 15 is 0 Å². The number of hydrogen-bond donors (Lipinski definition) is 1. The van der Waals surface area contributed by atoms with Gasteiger partial charge in [0.25, 0.3) is 5.91 Å². The molecule has 124 valence electrons. The molecule has 0 aromatic heterocycles. The third kappa shape index (κ3) is 2.95. The lowest BCUT2D eigenvalue weighted by atomic mass is 9.96. The van der Waals surface area contributed by atoms with E-state index in [0.717, 1.165) is 18.4 Å². The normalized spacial score (nSPS) is 22.3. The molecule has 0 radical (unpaired) electrons. The Labute approximate surface area is 141 Å². The number of carbonyl (C=O) groups is 1. The number of ether oxygens (including phenoxy) is 2. The molecule has 2 aromatic rings. The molecule has 0 spiro atoms. The van der Waals surface area contributed by atoms with Crippen LogP contribution in [0.15, 0.2) is 48.5 Å². The molecule has 0 saturated heterocycles. The van der Waals surface area contributed by atoms with Crippen molar-refractivity contribution in [3.05, 3.63) is 70.8 Å². The number of hydrogen-bond acceptors (Lipinski definition) is 3. The molecule has 0 fully saturated rings. The Morgan fingerprint density at radius 2 is 1.54 bits per heavy atom. The van der Waals surface area contributed by atoms with Gasteiger partial charge < -0.3 is 14.8 Å². The third-order valence-corrected chi connectivity index (χ3v) is 4.79. The minimum absolute atomic E-state index is 0.0854. The van der Waals surface area contributed by atoms with Crippen molar-refractivity contribution in [2.75, 3.05) is 19.8 Å². The predicted octanol–water partition coefficient (Wildman–Crippen LogP) is 2.73. The van der Waals surface area contributed by atoms with Crippen LogP contribution in [0.2, 0.25) is 0 Å². The molecule has 4 rings (SSSR count). The molecule has 0 aliphatic carbocycles. The van der Waals surface area contributed by atoms with Gasteiger partial charge in [-0.1, -0.05) is 48.5 Å². The first-order valence-electron chi connectivity index (χ1n) is 8.49. The Morgan fingerprint density at radius 3 is 2.33 bits per heavy atom. The Hall–Kier alpha value is -2.17. The molecule has 24 heavy (non-hydrogen) atoms. The maximum atomic E-state index is 12.6. The van der Waals surface area contributed by atoms with Gasteiger partial charge in [0.05, 0.1) is 13.2 Å². The van der Waals surface area contributed by atoms with Crippen LogP contribution in [0.4, 0.5) is 0 Å². The molecule has 0 bridgehead atoms. The van der Waals surface area contributed by atoms with Gasteiger partial charge in [-0.3, -0.25) is 4.79 Å². The number of rotatable bonds is 3. The van der Waals surface area contributed by atoms with E-state index in [2.05, 4.69) is 23.5 Å². The molecule has 2 aliphatic heterocycles. The van der Waals surface area contributed by atoms with Crippen LogP contribution in [0.3, 0.4) is 0 Å². The van der Waals surface area contributed by atoms with Crippen molar-refractivity contribution < 1.29 is 14.3 Å². The highest BCUT2D eigenvalue weighted by molar-refractivity contribution is 5.83. The second-order valence-electron chi connectivity index (χ2n) is 6.25. The zero-order valence-corrected chi connectivity index (χ0v) is 13.5. The molecule has 0 unspecified atom stereocenters. The molecular formula is C20H21NO3. The smallest absolute Gasteiger partial charge is 0.253 e. The Balaban J connectivity index is 1.45. The number of nitrogens with one attached hydrogen (secondary N) is 1. The molecule has 2 aromatic carbocycles. The molecule has 2 atom stereocenters. The van der Waals surface area contributed by atoms with Crippen molar-refractivity contribution in [2.45, 2.75) is 25.0 Å². The highest BCUT2D eigenvalue weighted by atomic mass is 16.5. The summed E-state index contributed by atoms with van der Waals surface area (Å²) in [5.41, 5.74) is 4.66. The predicted molar refractivity (Wildman–Crippen MR) is 90.7 cm³/mol. The maximum Gasteiger partial charge on any atom is 0.253 e. The van der Waals surface area contributed by atoms with Crippen LogP contribution in [-0.2, 0) is 27.1 Å². The summed E-state index contributed by atoms with van der Waals surface area (Å²) in [4.78, 5) is 12.6. The maximum absolute atomic E-state index is 12.6. The number of fused-ring (bicyclic) bond motifs is 2. The summed E-state index contributed by atoms with van der Waals surface area (Å²) in [5, 5.41) is 3.01. The van der Waals surface area contributed by atoms with Gasteiger partial charge >= 0.3 is 0 Å². The van der Waals surface area contributed by atoms with E-state index in [1.165, 1.54) is 16.7 Å². The van der Waals surface area contributed by atoms with Crippen LogP contribution in [0.25, 0.3) is 0 Å². The summed E-state index contributed by atoms with van der Waals surface area (Å²) < 4.78 is 11.6. The first kappa shape index (κ1) is 15.4. The number of benzene rings is 2. The van der Waals surface area contributed by atoms with Gasteiger partial charge in [0, 0.05) is 6.54 Å². The molecule has 1 amide bonds. The Kier molecular flexibility index (Phi) is 4.32. The fourth-order valence-corrected chi connectivity index (χ4v) is 3.54. The Morgan fingerprint density at radius 1 is 0.917 bits per heavy atom. The standard InChI is InChI=1S/C20H21NO3/c22-20(19-17-8-4-2-6-15(17)10-12-24-19)21-13-18-16-7-3-1-5-14(16)9-11-23-18/h1-8,18-19H,9-13H2,(H,21,22)/t18-,19+/m0/s1. The van der Waals surface area contributed by atoms with Crippen molar-refractivity contribution in [1.29, 1.82) is 0 Å². The lowest BCUT2D eigenvalue weighted by molar-refractivity contribution is -0.134. The minimum atomic E-state index is -0.520. The second kappa shape index (κ2) is 6.75. The second-order valence-corrected chi connectivity index (χ2v) is 6.25. The third-order valence-electron chi connectivity index (χ3n) is 4.79. The van der Waals surface area contributed by atoms with Crippen LogP contribution in [-0.4, -0.2) is 25.7 Å².